The molecule has 102 valence electrons. The van der Waals surface area contributed by atoms with Crippen LogP contribution in [0.1, 0.15) is 26.2 Å². The maximum atomic E-state index is 11.5. The second kappa shape index (κ2) is 11.0. The first-order valence-electron chi connectivity index (χ1n) is 5.89. The van der Waals surface area contributed by atoms with Crippen LogP contribution in [0.4, 0.5) is 0 Å². The fourth-order valence-corrected chi connectivity index (χ4v) is 1.91. The average molecular weight is 272 g/mol. The van der Waals surface area contributed by atoms with Crippen LogP contribution in [0.25, 0.3) is 0 Å². The molecule has 0 aliphatic rings. The summed E-state index contributed by atoms with van der Waals surface area (Å²) >= 11 is 1.69. The van der Waals surface area contributed by atoms with Gasteiger partial charge in [0.2, 0.25) is 0 Å². The van der Waals surface area contributed by atoms with E-state index in [0.29, 0.717) is 18.5 Å². The van der Waals surface area contributed by atoms with Crippen LogP contribution in [-0.4, -0.2) is 37.2 Å². The smallest absolute Gasteiger partial charge is 0.306 e. The number of esters is 1. The summed E-state index contributed by atoms with van der Waals surface area (Å²) in [6.45, 7) is 2.10. The Balaban J connectivity index is 4.19. The first kappa shape index (κ1) is 16.9. The number of hydrogen-bond donors (Lipinski definition) is 0. The maximum Gasteiger partial charge on any atom is 0.306 e. The Bertz CT molecular complexity index is 299. The van der Waals surface area contributed by atoms with E-state index in [9.17, 15) is 14.4 Å². The van der Waals surface area contributed by atoms with Crippen molar-refractivity contribution in [3.8, 4) is 0 Å². The molecule has 0 fully saturated rings. The number of carbonyl (C=O) groups is 3. The third-order valence-electron chi connectivity index (χ3n) is 2.49. The number of allylic oxidation sites excluding steroid dienone is 2. The molecule has 1 unspecified atom stereocenters. The Hall–Kier alpha value is -1.10. The van der Waals surface area contributed by atoms with E-state index in [4.69, 9.17) is 4.74 Å². The number of rotatable bonds is 10. The number of carbonyl (C=O) groups excluding carboxylic acids is 3. The van der Waals surface area contributed by atoms with Crippen LogP contribution in [0, 0.1) is 5.92 Å². The van der Waals surface area contributed by atoms with Gasteiger partial charge < -0.3 is 9.53 Å². The molecule has 0 aromatic carbocycles. The molecule has 4 nitrogen and oxygen atoms in total. The van der Waals surface area contributed by atoms with Crippen molar-refractivity contribution >= 4 is 30.3 Å². The van der Waals surface area contributed by atoms with Crippen molar-refractivity contribution in [1.29, 1.82) is 0 Å². The Morgan fingerprint density at radius 1 is 1.39 bits per heavy atom. The lowest BCUT2D eigenvalue weighted by Gasteiger charge is -2.13. The van der Waals surface area contributed by atoms with Gasteiger partial charge in [0, 0.05) is 12.3 Å². The van der Waals surface area contributed by atoms with E-state index >= 15 is 0 Å². The summed E-state index contributed by atoms with van der Waals surface area (Å²) in [4.78, 5) is 32.9. The molecule has 0 radical (unpaired) electrons. The zero-order chi connectivity index (χ0) is 13.8. The van der Waals surface area contributed by atoms with Gasteiger partial charge in [0.15, 0.2) is 0 Å². The van der Waals surface area contributed by atoms with Crippen LogP contribution in [-0.2, 0) is 19.1 Å². The van der Waals surface area contributed by atoms with Crippen molar-refractivity contribution in [2.75, 3.05) is 18.6 Å². The molecule has 0 aliphatic carbocycles. The van der Waals surface area contributed by atoms with Crippen LogP contribution in [0.15, 0.2) is 11.6 Å². The highest BCUT2D eigenvalue weighted by Gasteiger charge is 2.18. The average Bonchev–Trinajstić information content (AvgIpc) is 2.36. The molecule has 0 saturated heterocycles. The molecular formula is C13H20O4S. The first-order valence-corrected chi connectivity index (χ1v) is 7.28. The van der Waals surface area contributed by atoms with Crippen LogP contribution in [0.2, 0.25) is 0 Å². The van der Waals surface area contributed by atoms with Gasteiger partial charge in [0.05, 0.1) is 13.0 Å². The summed E-state index contributed by atoms with van der Waals surface area (Å²) in [5.74, 6) is 0.224. The van der Waals surface area contributed by atoms with Crippen molar-refractivity contribution in [1.82, 2.24) is 0 Å². The SMILES string of the molecule is CC=C(C=O)C(CC=O)CC(=O)OCCCSC. The minimum absolute atomic E-state index is 0.0798. The van der Waals surface area contributed by atoms with Crippen molar-refractivity contribution in [3.05, 3.63) is 11.6 Å². The van der Waals surface area contributed by atoms with Crippen LogP contribution in [0.5, 0.6) is 0 Å². The summed E-state index contributed by atoms with van der Waals surface area (Å²) < 4.78 is 5.05. The van der Waals surface area contributed by atoms with Crippen molar-refractivity contribution in [2.45, 2.75) is 26.2 Å². The highest BCUT2D eigenvalue weighted by Crippen LogP contribution is 2.17. The quantitative estimate of drug-likeness (QED) is 0.263. The van der Waals surface area contributed by atoms with Gasteiger partial charge in [-0.15, -0.1) is 0 Å². The Morgan fingerprint density at radius 2 is 2.11 bits per heavy atom. The number of aldehydes is 2. The zero-order valence-electron chi connectivity index (χ0n) is 10.9. The van der Waals surface area contributed by atoms with Gasteiger partial charge >= 0.3 is 5.97 Å². The van der Waals surface area contributed by atoms with Crippen molar-refractivity contribution in [3.63, 3.8) is 0 Å². The molecule has 0 saturated carbocycles. The summed E-state index contributed by atoms with van der Waals surface area (Å²) in [5.41, 5.74) is 0.475. The van der Waals surface area contributed by atoms with Crippen LogP contribution < -0.4 is 0 Å². The van der Waals surface area contributed by atoms with Gasteiger partial charge in [-0.2, -0.15) is 11.8 Å². The molecule has 0 aliphatic heterocycles. The molecule has 0 N–H and O–H groups in total. The molecule has 0 aromatic heterocycles. The molecule has 0 bridgehead atoms. The van der Waals surface area contributed by atoms with Gasteiger partial charge in [-0.3, -0.25) is 9.59 Å². The summed E-state index contributed by atoms with van der Waals surface area (Å²) in [6.07, 6.45) is 6.09. The molecule has 0 rings (SSSR count). The molecule has 0 amide bonds. The predicted octanol–water partition coefficient (Wildman–Crippen LogP) is 2.02. The highest BCUT2D eigenvalue weighted by atomic mass is 32.2. The summed E-state index contributed by atoms with van der Waals surface area (Å²) in [7, 11) is 0. The highest BCUT2D eigenvalue weighted by molar-refractivity contribution is 7.98. The normalized spacial score (nSPS) is 12.9. The van der Waals surface area contributed by atoms with Crippen molar-refractivity contribution in [2.24, 2.45) is 5.92 Å². The molecule has 1 atom stereocenters. The van der Waals surface area contributed by atoms with Gasteiger partial charge in [-0.05, 0) is 30.9 Å². The second-order valence-electron chi connectivity index (χ2n) is 3.78. The largest absolute Gasteiger partial charge is 0.466 e. The molecular weight excluding hydrogens is 252 g/mol. The van der Waals surface area contributed by atoms with Crippen LogP contribution >= 0.6 is 11.8 Å². The number of thioether (sulfide) groups is 1. The molecule has 5 heteroatoms. The van der Waals surface area contributed by atoms with E-state index in [1.165, 1.54) is 0 Å². The van der Waals surface area contributed by atoms with E-state index in [-0.39, 0.29) is 24.7 Å². The lowest BCUT2D eigenvalue weighted by molar-refractivity contribution is -0.144. The minimum atomic E-state index is -0.363. The molecule has 18 heavy (non-hydrogen) atoms. The summed E-state index contributed by atoms with van der Waals surface area (Å²) in [6, 6.07) is 0. The Labute approximate surface area is 112 Å². The monoisotopic (exact) mass is 272 g/mol. The third kappa shape index (κ3) is 7.27. The van der Waals surface area contributed by atoms with E-state index in [1.54, 1.807) is 24.8 Å². The Morgan fingerprint density at radius 3 is 2.61 bits per heavy atom. The van der Waals surface area contributed by atoms with Gasteiger partial charge in [-0.25, -0.2) is 0 Å². The van der Waals surface area contributed by atoms with Gasteiger partial charge in [-0.1, -0.05) is 6.08 Å². The molecule has 0 aromatic rings. The van der Waals surface area contributed by atoms with E-state index in [0.717, 1.165) is 18.5 Å². The topological polar surface area (TPSA) is 60.4 Å². The third-order valence-corrected chi connectivity index (χ3v) is 3.19. The van der Waals surface area contributed by atoms with Gasteiger partial charge in [0.1, 0.15) is 12.6 Å². The fraction of sp³-hybridized carbons (Fsp3) is 0.615. The fourth-order valence-electron chi connectivity index (χ4n) is 1.50. The van der Waals surface area contributed by atoms with E-state index < -0.39 is 0 Å². The van der Waals surface area contributed by atoms with Crippen LogP contribution in [0.3, 0.4) is 0 Å². The maximum absolute atomic E-state index is 11.5. The molecule has 0 spiro atoms. The molecule has 0 heterocycles. The lowest BCUT2D eigenvalue weighted by atomic mass is 9.93. The van der Waals surface area contributed by atoms with E-state index in [1.807, 2.05) is 6.26 Å². The zero-order valence-corrected chi connectivity index (χ0v) is 11.7. The second-order valence-corrected chi connectivity index (χ2v) is 4.76. The summed E-state index contributed by atoms with van der Waals surface area (Å²) in [5, 5.41) is 0. The standard InChI is InChI=1S/C13H20O4S/c1-3-11(10-15)12(5-6-14)9-13(16)17-7-4-8-18-2/h3,6,10,12H,4-5,7-9H2,1-2H3. The number of hydrogen-bond acceptors (Lipinski definition) is 5. The van der Waals surface area contributed by atoms with E-state index in [2.05, 4.69) is 0 Å². The predicted molar refractivity (Wildman–Crippen MR) is 72.6 cm³/mol. The lowest BCUT2D eigenvalue weighted by Crippen LogP contribution is -2.15. The minimum Gasteiger partial charge on any atom is -0.466 e. The van der Waals surface area contributed by atoms with Crippen molar-refractivity contribution < 1.29 is 19.1 Å². The number of ether oxygens (including phenoxy) is 1. The first-order chi connectivity index (χ1) is 8.69. The Kier molecular flexibility index (Phi) is 10.3. The van der Waals surface area contributed by atoms with Gasteiger partial charge in [0.25, 0.3) is 0 Å².